The number of nitrogens with one attached hydrogen (secondary N) is 1. The van der Waals surface area contributed by atoms with E-state index in [1.807, 2.05) is 18.2 Å². The molecule has 30 heavy (non-hydrogen) atoms. The quantitative estimate of drug-likeness (QED) is 0.704. The monoisotopic (exact) mass is 447 g/mol. The molecule has 4 rings (SSSR count). The zero-order valence-electron chi connectivity index (χ0n) is 17.5. The predicted octanol–water partition coefficient (Wildman–Crippen LogP) is 3.94. The molecule has 1 aliphatic carbocycles. The van der Waals surface area contributed by atoms with Crippen molar-refractivity contribution in [3.8, 4) is 0 Å². The zero-order valence-corrected chi connectivity index (χ0v) is 19.1. The maximum Gasteiger partial charge on any atom is 0.221 e. The third-order valence-electron chi connectivity index (χ3n) is 6.16. The smallest absolute Gasteiger partial charge is 0.221 e. The Balaban J connectivity index is 1.78. The molecule has 2 heterocycles. The Hall–Kier alpha value is -1.44. The van der Waals surface area contributed by atoms with Crippen molar-refractivity contribution in [2.45, 2.75) is 38.6 Å². The number of carbonyl (C=O) groups is 1. The van der Waals surface area contributed by atoms with E-state index in [1.54, 1.807) is 18.3 Å². The number of carbonyl (C=O) groups excluding carboxylic acids is 1. The lowest BCUT2D eigenvalue weighted by atomic mass is 9.88. The molecule has 2 aromatic rings. The lowest BCUT2D eigenvalue weighted by molar-refractivity contribution is -0.114. The number of piperazine rings is 1. The molecule has 0 saturated carbocycles. The Morgan fingerprint density at radius 2 is 1.93 bits per heavy atom. The lowest BCUT2D eigenvalue weighted by Crippen LogP contribution is -2.48. The summed E-state index contributed by atoms with van der Waals surface area (Å²) in [6.45, 7) is 6.14. The summed E-state index contributed by atoms with van der Waals surface area (Å²) in [6.07, 6.45) is 4.55. The zero-order chi connectivity index (χ0) is 21.1. The fourth-order valence-corrected chi connectivity index (χ4v) is 6.36. The Kier molecular flexibility index (Phi) is 7.11. The fourth-order valence-electron chi connectivity index (χ4n) is 4.75. The highest BCUT2D eigenvalue weighted by Gasteiger charge is 2.34. The highest BCUT2D eigenvalue weighted by Crippen LogP contribution is 2.46. The number of rotatable bonds is 6. The van der Waals surface area contributed by atoms with Gasteiger partial charge in [-0.15, -0.1) is 11.3 Å². The topological polar surface area (TPSA) is 55.8 Å². The number of β-amino-alcohol motifs (C(OH)–C–C–N with tert-alkyl or cyclic N) is 1. The molecule has 1 aromatic heterocycles. The van der Waals surface area contributed by atoms with Crippen LogP contribution in [0.25, 0.3) is 0 Å². The molecule has 0 spiro atoms. The summed E-state index contributed by atoms with van der Waals surface area (Å²) >= 11 is 8.47. The third kappa shape index (κ3) is 4.58. The molecular formula is C23H30ClN3O2S. The average Bonchev–Trinajstić information content (AvgIpc) is 3.08. The number of benzene rings is 1. The fraction of sp³-hybridized carbons (Fsp3) is 0.522. The molecular weight excluding hydrogens is 418 g/mol. The summed E-state index contributed by atoms with van der Waals surface area (Å²) < 4.78 is 0. The summed E-state index contributed by atoms with van der Waals surface area (Å²) in [5, 5.41) is 14.2. The first-order valence-corrected chi connectivity index (χ1v) is 12.0. The van der Waals surface area contributed by atoms with Gasteiger partial charge in [0.15, 0.2) is 0 Å². The second-order valence-electron chi connectivity index (χ2n) is 8.16. The molecule has 1 fully saturated rings. The number of thiophene rings is 1. The number of halogens is 1. The summed E-state index contributed by atoms with van der Waals surface area (Å²) in [7, 11) is 0. The number of hydrogen-bond donors (Lipinski definition) is 2. The Bertz CT molecular complexity index is 893. The van der Waals surface area contributed by atoms with Gasteiger partial charge in [-0.05, 0) is 42.9 Å². The minimum absolute atomic E-state index is 0.0231. The van der Waals surface area contributed by atoms with E-state index >= 15 is 0 Å². The number of aryl methyl sites for hydroxylation is 1. The first kappa shape index (κ1) is 21.8. The van der Waals surface area contributed by atoms with E-state index in [0.29, 0.717) is 0 Å². The average molecular weight is 448 g/mol. The van der Waals surface area contributed by atoms with Crippen LogP contribution in [0, 0.1) is 0 Å². The van der Waals surface area contributed by atoms with Gasteiger partial charge < -0.3 is 10.4 Å². The van der Waals surface area contributed by atoms with Gasteiger partial charge in [0.05, 0.1) is 12.6 Å². The molecule has 162 valence electrons. The summed E-state index contributed by atoms with van der Waals surface area (Å²) in [4.78, 5) is 18.2. The van der Waals surface area contributed by atoms with Crippen LogP contribution in [0.4, 0.5) is 5.00 Å². The van der Waals surface area contributed by atoms with Crippen LogP contribution in [0.1, 0.15) is 47.4 Å². The standard InChI is InChI=1S/C23H30ClN3O2S/c1-16(29)25-23-21(18-7-3-5-9-20(18)30-23)22(17-6-2-4-8-19(17)24)27-12-10-26(11-13-27)14-15-28/h2,4,6,8,22,28H,3,5,7,9-15H2,1H3,(H,25,29)/t22-/m1/s1. The molecule has 1 amide bonds. The van der Waals surface area contributed by atoms with Crippen molar-refractivity contribution < 1.29 is 9.90 Å². The Morgan fingerprint density at radius 3 is 2.63 bits per heavy atom. The number of nitrogens with zero attached hydrogens (tertiary/aromatic N) is 2. The van der Waals surface area contributed by atoms with Gasteiger partial charge in [0.25, 0.3) is 0 Å². The van der Waals surface area contributed by atoms with Gasteiger partial charge in [0, 0.05) is 55.1 Å². The van der Waals surface area contributed by atoms with Crippen LogP contribution < -0.4 is 5.32 Å². The van der Waals surface area contributed by atoms with E-state index in [1.165, 1.54) is 28.8 Å². The van der Waals surface area contributed by atoms with Crippen molar-refractivity contribution in [3.63, 3.8) is 0 Å². The summed E-state index contributed by atoms with van der Waals surface area (Å²) in [6, 6.07) is 8.13. The normalized spacial score (nSPS) is 18.8. The van der Waals surface area contributed by atoms with Crippen LogP contribution >= 0.6 is 22.9 Å². The minimum atomic E-state index is -0.0273. The van der Waals surface area contributed by atoms with Crippen LogP contribution in [0.5, 0.6) is 0 Å². The Labute approximate surface area is 187 Å². The second kappa shape index (κ2) is 9.79. The molecule has 7 heteroatoms. The number of amides is 1. The van der Waals surface area contributed by atoms with Crippen molar-refractivity contribution in [2.75, 3.05) is 44.6 Å². The van der Waals surface area contributed by atoms with Crippen LogP contribution in [0.15, 0.2) is 24.3 Å². The maximum absolute atomic E-state index is 12.0. The van der Waals surface area contributed by atoms with Crippen molar-refractivity contribution in [1.29, 1.82) is 0 Å². The number of fused-ring (bicyclic) bond motifs is 1. The van der Waals surface area contributed by atoms with Crippen molar-refractivity contribution in [1.82, 2.24) is 9.80 Å². The van der Waals surface area contributed by atoms with Crippen LogP contribution in [0.3, 0.4) is 0 Å². The van der Waals surface area contributed by atoms with Gasteiger partial charge in [0.1, 0.15) is 5.00 Å². The van der Waals surface area contributed by atoms with Crippen molar-refractivity contribution in [3.05, 3.63) is 50.9 Å². The predicted molar refractivity (Wildman–Crippen MR) is 124 cm³/mol. The number of aliphatic hydroxyl groups excluding tert-OH is 1. The second-order valence-corrected chi connectivity index (χ2v) is 9.67. The molecule has 2 N–H and O–H groups in total. The van der Waals surface area contributed by atoms with Gasteiger partial charge in [-0.1, -0.05) is 29.8 Å². The first-order valence-electron chi connectivity index (χ1n) is 10.8. The minimum Gasteiger partial charge on any atom is -0.395 e. The summed E-state index contributed by atoms with van der Waals surface area (Å²) in [5.41, 5.74) is 3.76. The largest absolute Gasteiger partial charge is 0.395 e. The molecule has 1 aliphatic heterocycles. The SMILES string of the molecule is CC(=O)Nc1sc2c(c1[C@@H](c1ccccc1Cl)N1CCN(CCO)CC1)CCCC2. The van der Waals surface area contributed by atoms with Crippen LogP contribution in [0.2, 0.25) is 5.02 Å². The number of hydrogen-bond acceptors (Lipinski definition) is 5. The first-order chi connectivity index (χ1) is 14.6. The van der Waals surface area contributed by atoms with E-state index in [9.17, 15) is 9.90 Å². The van der Waals surface area contributed by atoms with Gasteiger partial charge in [-0.3, -0.25) is 14.6 Å². The van der Waals surface area contributed by atoms with Gasteiger partial charge in [-0.2, -0.15) is 0 Å². The molecule has 5 nitrogen and oxygen atoms in total. The Morgan fingerprint density at radius 1 is 1.20 bits per heavy atom. The van der Waals surface area contributed by atoms with Crippen LogP contribution in [-0.4, -0.2) is 60.1 Å². The molecule has 0 bridgehead atoms. The van der Waals surface area contributed by atoms with Crippen LogP contribution in [-0.2, 0) is 17.6 Å². The number of aliphatic hydroxyl groups is 1. The lowest BCUT2D eigenvalue weighted by Gasteiger charge is -2.40. The molecule has 0 radical (unpaired) electrons. The van der Waals surface area contributed by atoms with E-state index in [4.69, 9.17) is 11.6 Å². The van der Waals surface area contributed by atoms with E-state index in [0.717, 1.165) is 61.2 Å². The molecule has 1 atom stereocenters. The van der Waals surface area contributed by atoms with E-state index in [2.05, 4.69) is 21.2 Å². The third-order valence-corrected chi connectivity index (χ3v) is 7.73. The van der Waals surface area contributed by atoms with Crippen molar-refractivity contribution >= 4 is 33.8 Å². The highest BCUT2D eigenvalue weighted by molar-refractivity contribution is 7.16. The molecule has 1 saturated heterocycles. The molecule has 2 aliphatic rings. The number of anilines is 1. The maximum atomic E-state index is 12.0. The molecule has 1 aromatic carbocycles. The van der Waals surface area contributed by atoms with E-state index in [-0.39, 0.29) is 18.6 Å². The molecule has 0 unspecified atom stereocenters. The van der Waals surface area contributed by atoms with E-state index < -0.39 is 0 Å². The van der Waals surface area contributed by atoms with Gasteiger partial charge in [0.2, 0.25) is 5.91 Å². The van der Waals surface area contributed by atoms with Gasteiger partial charge >= 0.3 is 0 Å². The van der Waals surface area contributed by atoms with Crippen molar-refractivity contribution in [2.24, 2.45) is 0 Å². The highest BCUT2D eigenvalue weighted by atomic mass is 35.5. The van der Waals surface area contributed by atoms with Gasteiger partial charge in [-0.25, -0.2) is 0 Å². The summed E-state index contributed by atoms with van der Waals surface area (Å²) in [5.74, 6) is -0.0273.